The largest absolute Gasteiger partial charge is 0.317 e. The average Bonchev–Trinajstić information content (AvgIpc) is 3.11. The maximum atomic E-state index is 12.6. The number of benzene rings is 1. The second kappa shape index (κ2) is 6.92. The standard InChI is InChI=1S/C19H22BN5O/c1-25-11-15(10-23-25)13-2-3-14-9-22-18(17(20)16(14)8-13)24-19(26)12-4-6-21-7-5-12/h2-3,8-12,21H,4-7,20H2,1H3,(H,22,24,26). The number of fused-ring (bicyclic) bond motifs is 1. The molecule has 0 bridgehead atoms. The fourth-order valence-corrected chi connectivity index (χ4v) is 3.53. The average molecular weight is 347 g/mol. The van der Waals surface area contributed by atoms with E-state index in [9.17, 15) is 4.79 Å². The van der Waals surface area contributed by atoms with E-state index < -0.39 is 0 Å². The summed E-state index contributed by atoms with van der Waals surface area (Å²) >= 11 is 0. The molecule has 0 saturated carbocycles. The lowest BCUT2D eigenvalue weighted by Crippen LogP contribution is -2.35. The first kappa shape index (κ1) is 16.8. The normalized spacial score (nSPS) is 15.3. The van der Waals surface area contributed by atoms with Gasteiger partial charge in [-0.3, -0.25) is 9.48 Å². The maximum Gasteiger partial charge on any atom is 0.228 e. The molecule has 4 rings (SSSR count). The fraction of sp³-hybridized carbons (Fsp3) is 0.316. The van der Waals surface area contributed by atoms with E-state index in [1.165, 1.54) is 0 Å². The Morgan fingerprint density at radius 3 is 2.81 bits per heavy atom. The molecular formula is C19H22BN5O. The van der Waals surface area contributed by atoms with Crippen molar-refractivity contribution >= 4 is 35.8 Å². The maximum absolute atomic E-state index is 12.6. The Balaban J connectivity index is 1.65. The molecule has 0 atom stereocenters. The first-order valence-corrected chi connectivity index (χ1v) is 9.02. The van der Waals surface area contributed by atoms with Gasteiger partial charge >= 0.3 is 0 Å². The summed E-state index contributed by atoms with van der Waals surface area (Å²) in [6, 6.07) is 6.29. The Labute approximate surface area is 153 Å². The molecule has 0 aliphatic carbocycles. The number of carbonyl (C=O) groups excluding carboxylic acids is 1. The van der Waals surface area contributed by atoms with Gasteiger partial charge in [0.1, 0.15) is 13.7 Å². The number of hydrogen-bond donors (Lipinski definition) is 2. The first-order valence-electron chi connectivity index (χ1n) is 9.02. The van der Waals surface area contributed by atoms with Gasteiger partial charge in [-0.2, -0.15) is 5.10 Å². The molecular weight excluding hydrogens is 325 g/mol. The third-order valence-corrected chi connectivity index (χ3v) is 5.13. The van der Waals surface area contributed by atoms with Crippen LogP contribution in [0.1, 0.15) is 12.8 Å². The Bertz CT molecular complexity index is 962. The third-order valence-electron chi connectivity index (χ3n) is 5.13. The van der Waals surface area contributed by atoms with Gasteiger partial charge in [0.25, 0.3) is 0 Å². The molecule has 26 heavy (non-hydrogen) atoms. The van der Waals surface area contributed by atoms with Crippen molar-refractivity contribution in [3.63, 3.8) is 0 Å². The summed E-state index contributed by atoms with van der Waals surface area (Å²) in [5.41, 5.74) is 3.18. The number of hydrogen-bond acceptors (Lipinski definition) is 4. The van der Waals surface area contributed by atoms with E-state index in [0.717, 1.165) is 53.3 Å². The Morgan fingerprint density at radius 1 is 1.27 bits per heavy atom. The number of pyridine rings is 1. The lowest BCUT2D eigenvalue weighted by molar-refractivity contribution is -0.120. The van der Waals surface area contributed by atoms with E-state index in [-0.39, 0.29) is 11.8 Å². The molecule has 6 nitrogen and oxygen atoms in total. The highest BCUT2D eigenvalue weighted by molar-refractivity contribution is 6.42. The number of nitrogens with zero attached hydrogens (tertiary/aromatic N) is 3. The Kier molecular flexibility index (Phi) is 4.47. The highest BCUT2D eigenvalue weighted by atomic mass is 16.1. The van der Waals surface area contributed by atoms with Gasteiger partial charge in [0.15, 0.2) is 0 Å². The minimum atomic E-state index is 0.0647. The van der Waals surface area contributed by atoms with E-state index in [4.69, 9.17) is 0 Å². The number of aryl methyl sites for hydroxylation is 1. The summed E-state index contributed by atoms with van der Waals surface area (Å²) in [4.78, 5) is 17.0. The van der Waals surface area contributed by atoms with Gasteiger partial charge in [0.05, 0.1) is 6.20 Å². The van der Waals surface area contributed by atoms with Crippen molar-refractivity contribution in [3.05, 3.63) is 36.8 Å². The second-order valence-corrected chi connectivity index (χ2v) is 6.95. The molecule has 3 heterocycles. The number of aromatic nitrogens is 3. The van der Waals surface area contributed by atoms with Crippen LogP contribution >= 0.6 is 0 Å². The van der Waals surface area contributed by atoms with Crippen molar-refractivity contribution in [1.29, 1.82) is 0 Å². The van der Waals surface area contributed by atoms with Crippen LogP contribution in [0.5, 0.6) is 0 Å². The number of anilines is 1. The predicted molar refractivity (Wildman–Crippen MR) is 106 cm³/mol. The highest BCUT2D eigenvalue weighted by Crippen LogP contribution is 2.24. The van der Waals surface area contributed by atoms with Crippen LogP contribution in [0.3, 0.4) is 0 Å². The number of piperidine rings is 1. The van der Waals surface area contributed by atoms with Gasteiger partial charge in [-0.15, -0.1) is 0 Å². The van der Waals surface area contributed by atoms with Crippen LogP contribution < -0.4 is 16.1 Å². The molecule has 0 spiro atoms. The van der Waals surface area contributed by atoms with Crippen molar-refractivity contribution in [2.45, 2.75) is 12.8 Å². The number of nitrogens with one attached hydrogen (secondary N) is 2. The topological polar surface area (TPSA) is 71.8 Å². The summed E-state index contributed by atoms with van der Waals surface area (Å²) in [6.45, 7) is 1.80. The van der Waals surface area contributed by atoms with Gasteiger partial charge in [-0.05, 0) is 53.8 Å². The zero-order valence-electron chi connectivity index (χ0n) is 15.1. The number of rotatable bonds is 3. The van der Waals surface area contributed by atoms with Crippen molar-refractivity contribution in [1.82, 2.24) is 20.1 Å². The van der Waals surface area contributed by atoms with Crippen LogP contribution in [0.2, 0.25) is 0 Å². The molecule has 7 heteroatoms. The smallest absolute Gasteiger partial charge is 0.228 e. The molecule has 132 valence electrons. The second-order valence-electron chi connectivity index (χ2n) is 6.95. The third kappa shape index (κ3) is 3.22. The van der Waals surface area contributed by atoms with E-state index in [1.807, 2.05) is 33.5 Å². The number of carbonyl (C=O) groups is 1. The zero-order chi connectivity index (χ0) is 18.1. The minimum Gasteiger partial charge on any atom is -0.317 e. The van der Waals surface area contributed by atoms with Gasteiger partial charge in [-0.1, -0.05) is 12.1 Å². The molecule has 1 saturated heterocycles. The van der Waals surface area contributed by atoms with Crippen molar-refractivity contribution in [2.24, 2.45) is 13.0 Å². The molecule has 0 radical (unpaired) electrons. The molecule has 2 aromatic heterocycles. The summed E-state index contributed by atoms with van der Waals surface area (Å²) in [6.07, 6.45) is 7.44. The van der Waals surface area contributed by atoms with Crippen molar-refractivity contribution in [2.75, 3.05) is 18.4 Å². The Morgan fingerprint density at radius 2 is 2.08 bits per heavy atom. The van der Waals surface area contributed by atoms with E-state index in [1.54, 1.807) is 4.68 Å². The van der Waals surface area contributed by atoms with E-state index >= 15 is 0 Å². The van der Waals surface area contributed by atoms with E-state index in [0.29, 0.717) is 5.82 Å². The lowest BCUT2D eigenvalue weighted by atomic mass is 9.89. The van der Waals surface area contributed by atoms with Gasteiger partial charge < -0.3 is 10.6 Å². The number of amides is 1. The van der Waals surface area contributed by atoms with Crippen molar-refractivity contribution in [3.8, 4) is 11.1 Å². The van der Waals surface area contributed by atoms with Crippen LogP contribution in [-0.2, 0) is 11.8 Å². The van der Waals surface area contributed by atoms with Gasteiger partial charge in [0, 0.05) is 30.9 Å². The first-order chi connectivity index (χ1) is 12.6. The molecule has 2 N–H and O–H groups in total. The van der Waals surface area contributed by atoms with Gasteiger partial charge in [0.2, 0.25) is 5.91 Å². The molecule has 1 amide bonds. The molecule has 1 fully saturated rings. The summed E-state index contributed by atoms with van der Waals surface area (Å²) < 4.78 is 1.80. The monoisotopic (exact) mass is 347 g/mol. The molecule has 1 aliphatic heterocycles. The van der Waals surface area contributed by atoms with Crippen molar-refractivity contribution < 1.29 is 4.79 Å². The zero-order valence-corrected chi connectivity index (χ0v) is 15.1. The van der Waals surface area contributed by atoms with Crippen LogP contribution in [0, 0.1) is 5.92 Å². The molecule has 1 aliphatic rings. The Hall–Kier alpha value is -2.67. The van der Waals surface area contributed by atoms with Crippen LogP contribution in [0.15, 0.2) is 36.8 Å². The predicted octanol–water partition coefficient (Wildman–Crippen LogP) is 0.832. The summed E-state index contributed by atoms with van der Waals surface area (Å²) in [5.74, 6) is 0.795. The summed E-state index contributed by atoms with van der Waals surface area (Å²) in [5, 5.41) is 12.7. The van der Waals surface area contributed by atoms with Crippen LogP contribution in [0.4, 0.5) is 5.82 Å². The van der Waals surface area contributed by atoms with Crippen LogP contribution in [0.25, 0.3) is 21.9 Å². The molecule has 3 aromatic rings. The fourth-order valence-electron chi connectivity index (χ4n) is 3.53. The quantitative estimate of drug-likeness (QED) is 0.689. The highest BCUT2D eigenvalue weighted by Gasteiger charge is 2.22. The minimum absolute atomic E-state index is 0.0647. The SMILES string of the molecule is Bc1c(NC(=O)C2CCNCC2)ncc2ccc(-c3cnn(C)c3)cc12. The van der Waals surface area contributed by atoms with Crippen LogP contribution in [-0.4, -0.2) is 41.6 Å². The molecule has 1 aromatic carbocycles. The van der Waals surface area contributed by atoms with E-state index in [2.05, 4.69) is 38.9 Å². The van der Waals surface area contributed by atoms with Gasteiger partial charge in [-0.25, -0.2) is 4.98 Å². The molecule has 0 unspecified atom stereocenters. The lowest BCUT2D eigenvalue weighted by Gasteiger charge is -2.22. The summed E-state index contributed by atoms with van der Waals surface area (Å²) in [7, 11) is 3.93.